The fourth-order valence-electron chi connectivity index (χ4n) is 2.83. The van der Waals surface area contributed by atoms with E-state index in [9.17, 15) is 9.59 Å². The van der Waals surface area contributed by atoms with Gasteiger partial charge >= 0.3 is 0 Å². The van der Waals surface area contributed by atoms with E-state index < -0.39 is 5.54 Å². The number of piperidine rings is 1. The molecule has 1 saturated heterocycles. The number of carbonyl (C=O) groups excluding carboxylic acids is 2. The summed E-state index contributed by atoms with van der Waals surface area (Å²) in [5.74, 6) is 0.726. The molecule has 0 atom stereocenters. The van der Waals surface area contributed by atoms with Gasteiger partial charge in [0.2, 0.25) is 11.8 Å². The first-order valence-electron chi connectivity index (χ1n) is 7.41. The van der Waals surface area contributed by atoms with E-state index in [1.165, 1.54) is 0 Å². The molecular formula is C16H23N3O3. The topological polar surface area (TPSA) is 70.7 Å². The Kier molecular flexibility index (Phi) is 4.90. The van der Waals surface area contributed by atoms with E-state index in [1.807, 2.05) is 24.3 Å². The number of anilines is 1. The SMILES string of the molecule is CNC(=O)C1(Nc2cccc(OC)c2)CCN(C(C)=O)CC1. The summed E-state index contributed by atoms with van der Waals surface area (Å²) < 4.78 is 5.22. The van der Waals surface area contributed by atoms with E-state index in [0.717, 1.165) is 11.4 Å². The number of likely N-dealkylation sites (N-methyl/N-ethyl adjacent to an activating group) is 1. The van der Waals surface area contributed by atoms with E-state index in [4.69, 9.17) is 4.74 Å². The molecular weight excluding hydrogens is 282 g/mol. The van der Waals surface area contributed by atoms with Gasteiger partial charge in [-0.2, -0.15) is 0 Å². The average molecular weight is 305 g/mol. The maximum atomic E-state index is 12.4. The van der Waals surface area contributed by atoms with Crippen LogP contribution >= 0.6 is 0 Å². The van der Waals surface area contributed by atoms with Crippen LogP contribution in [0.15, 0.2) is 24.3 Å². The molecule has 6 nitrogen and oxygen atoms in total. The van der Waals surface area contributed by atoms with Crippen LogP contribution < -0.4 is 15.4 Å². The Hall–Kier alpha value is -2.24. The molecule has 22 heavy (non-hydrogen) atoms. The maximum absolute atomic E-state index is 12.4. The van der Waals surface area contributed by atoms with Gasteiger partial charge < -0.3 is 20.3 Å². The van der Waals surface area contributed by atoms with Gasteiger partial charge in [-0.1, -0.05) is 6.07 Å². The molecule has 0 aromatic heterocycles. The van der Waals surface area contributed by atoms with Crippen LogP contribution in [0.25, 0.3) is 0 Å². The van der Waals surface area contributed by atoms with E-state index in [1.54, 1.807) is 26.0 Å². The van der Waals surface area contributed by atoms with Gasteiger partial charge in [-0.05, 0) is 25.0 Å². The fourth-order valence-corrected chi connectivity index (χ4v) is 2.83. The summed E-state index contributed by atoms with van der Waals surface area (Å²) in [4.78, 5) is 25.7. The summed E-state index contributed by atoms with van der Waals surface area (Å²) in [7, 11) is 3.24. The molecule has 2 amide bonds. The molecule has 1 aliphatic heterocycles. The van der Waals surface area contributed by atoms with Crippen molar-refractivity contribution in [1.29, 1.82) is 0 Å². The van der Waals surface area contributed by atoms with Gasteiger partial charge in [0.05, 0.1) is 7.11 Å². The van der Waals surface area contributed by atoms with Gasteiger partial charge in [-0.25, -0.2) is 0 Å². The van der Waals surface area contributed by atoms with E-state index >= 15 is 0 Å². The second kappa shape index (κ2) is 6.68. The monoisotopic (exact) mass is 305 g/mol. The molecule has 0 spiro atoms. The Bertz CT molecular complexity index is 551. The minimum atomic E-state index is -0.701. The zero-order chi connectivity index (χ0) is 16.2. The van der Waals surface area contributed by atoms with Gasteiger partial charge in [-0.15, -0.1) is 0 Å². The van der Waals surface area contributed by atoms with Crippen LogP contribution in [0.4, 0.5) is 5.69 Å². The lowest BCUT2D eigenvalue weighted by atomic mass is 9.86. The smallest absolute Gasteiger partial charge is 0.245 e. The Balaban J connectivity index is 2.20. The number of amides is 2. The van der Waals surface area contributed by atoms with Crippen LogP contribution in [-0.4, -0.2) is 49.5 Å². The van der Waals surface area contributed by atoms with Crippen molar-refractivity contribution in [3.63, 3.8) is 0 Å². The third-order valence-electron chi connectivity index (χ3n) is 4.18. The highest BCUT2D eigenvalue weighted by Crippen LogP contribution is 2.29. The molecule has 1 heterocycles. The first-order chi connectivity index (χ1) is 10.5. The number of carbonyl (C=O) groups is 2. The zero-order valence-corrected chi connectivity index (χ0v) is 13.3. The molecule has 0 radical (unpaired) electrons. The molecule has 0 unspecified atom stereocenters. The number of nitrogens with zero attached hydrogens (tertiary/aromatic N) is 1. The summed E-state index contributed by atoms with van der Waals surface area (Å²) >= 11 is 0. The molecule has 2 N–H and O–H groups in total. The quantitative estimate of drug-likeness (QED) is 0.878. The van der Waals surface area contributed by atoms with Crippen LogP contribution in [0, 0.1) is 0 Å². The van der Waals surface area contributed by atoms with Crippen LogP contribution in [0.3, 0.4) is 0 Å². The second-order valence-electron chi connectivity index (χ2n) is 5.52. The number of benzene rings is 1. The second-order valence-corrected chi connectivity index (χ2v) is 5.52. The molecule has 1 aromatic rings. The number of methoxy groups -OCH3 is 1. The molecule has 1 aromatic carbocycles. The summed E-state index contributed by atoms with van der Waals surface area (Å²) in [6, 6.07) is 7.51. The lowest BCUT2D eigenvalue weighted by Crippen LogP contribution is -2.58. The zero-order valence-electron chi connectivity index (χ0n) is 13.3. The predicted octanol–water partition coefficient (Wildman–Crippen LogP) is 1.23. The number of nitrogens with one attached hydrogen (secondary N) is 2. The average Bonchev–Trinajstić information content (AvgIpc) is 2.54. The molecule has 0 aliphatic carbocycles. The molecule has 0 bridgehead atoms. The number of likely N-dealkylation sites (tertiary alicyclic amines) is 1. The Morgan fingerprint density at radius 1 is 1.27 bits per heavy atom. The van der Waals surface area contributed by atoms with E-state index in [0.29, 0.717) is 25.9 Å². The van der Waals surface area contributed by atoms with Crippen molar-refractivity contribution in [2.24, 2.45) is 0 Å². The number of hydrogen-bond donors (Lipinski definition) is 2. The Morgan fingerprint density at radius 3 is 2.50 bits per heavy atom. The highest BCUT2D eigenvalue weighted by atomic mass is 16.5. The van der Waals surface area contributed by atoms with Crippen LogP contribution in [0.5, 0.6) is 5.75 Å². The predicted molar refractivity (Wildman–Crippen MR) is 84.9 cm³/mol. The van der Waals surface area contributed by atoms with Gasteiger partial charge in [0.1, 0.15) is 11.3 Å². The van der Waals surface area contributed by atoms with Crippen molar-refractivity contribution >= 4 is 17.5 Å². The van der Waals surface area contributed by atoms with Crippen molar-refractivity contribution in [2.75, 3.05) is 32.6 Å². The normalized spacial score (nSPS) is 16.8. The van der Waals surface area contributed by atoms with Crippen LogP contribution in [0.1, 0.15) is 19.8 Å². The highest BCUT2D eigenvalue weighted by Gasteiger charge is 2.41. The highest BCUT2D eigenvalue weighted by molar-refractivity contribution is 5.89. The number of ether oxygens (including phenoxy) is 1. The van der Waals surface area contributed by atoms with E-state index in [-0.39, 0.29) is 11.8 Å². The van der Waals surface area contributed by atoms with Crippen molar-refractivity contribution < 1.29 is 14.3 Å². The van der Waals surface area contributed by atoms with Crippen molar-refractivity contribution in [3.05, 3.63) is 24.3 Å². The van der Waals surface area contributed by atoms with Gasteiger partial charge in [0, 0.05) is 38.8 Å². The van der Waals surface area contributed by atoms with Gasteiger partial charge in [0.25, 0.3) is 0 Å². The number of rotatable bonds is 4. The number of hydrogen-bond acceptors (Lipinski definition) is 4. The lowest BCUT2D eigenvalue weighted by Gasteiger charge is -2.41. The Morgan fingerprint density at radius 2 is 1.95 bits per heavy atom. The van der Waals surface area contributed by atoms with E-state index in [2.05, 4.69) is 10.6 Å². The molecule has 120 valence electrons. The largest absolute Gasteiger partial charge is 0.497 e. The Labute approximate surface area is 130 Å². The van der Waals surface area contributed by atoms with Crippen molar-refractivity contribution in [1.82, 2.24) is 10.2 Å². The fraction of sp³-hybridized carbons (Fsp3) is 0.500. The third kappa shape index (κ3) is 3.32. The van der Waals surface area contributed by atoms with Crippen molar-refractivity contribution in [2.45, 2.75) is 25.3 Å². The summed E-state index contributed by atoms with van der Waals surface area (Å²) in [5.41, 5.74) is 0.131. The molecule has 1 fully saturated rings. The molecule has 0 saturated carbocycles. The minimum Gasteiger partial charge on any atom is -0.497 e. The molecule has 1 aliphatic rings. The first kappa shape index (κ1) is 16.1. The maximum Gasteiger partial charge on any atom is 0.245 e. The summed E-state index contributed by atoms with van der Waals surface area (Å²) in [6.45, 7) is 2.70. The van der Waals surface area contributed by atoms with Crippen LogP contribution in [-0.2, 0) is 9.59 Å². The van der Waals surface area contributed by atoms with Crippen molar-refractivity contribution in [3.8, 4) is 5.75 Å². The summed E-state index contributed by atoms with van der Waals surface area (Å²) in [6.07, 6.45) is 1.15. The minimum absolute atomic E-state index is 0.0480. The first-order valence-corrected chi connectivity index (χ1v) is 7.41. The van der Waals surface area contributed by atoms with Crippen LogP contribution in [0.2, 0.25) is 0 Å². The standard InChI is InChI=1S/C16H23N3O3/c1-12(20)19-9-7-16(8-10-19,15(21)17-2)18-13-5-4-6-14(11-13)22-3/h4-6,11,18H,7-10H2,1-3H3,(H,17,21). The molecule has 2 rings (SSSR count). The lowest BCUT2D eigenvalue weighted by molar-refractivity contribution is -0.134. The van der Waals surface area contributed by atoms with Gasteiger partial charge in [-0.3, -0.25) is 9.59 Å². The van der Waals surface area contributed by atoms with Gasteiger partial charge in [0.15, 0.2) is 0 Å². The summed E-state index contributed by atoms with van der Waals surface area (Å²) in [5, 5.41) is 6.08. The third-order valence-corrected chi connectivity index (χ3v) is 4.18. The molecule has 6 heteroatoms.